The van der Waals surface area contributed by atoms with E-state index in [1.807, 2.05) is 65.0 Å². The van der Waals surface area contributed by atoms with E-state index in [0.29, 0.717) is 22.3 Å². The summed E-state index contributed by atoms with van der Waals surface area (Å²) in [5, 5.41) is 7.82. The number of pyridine rings is 1. The predicted octanol–water partition coefficient (Wildman–Crippen LogP) is 4.14. The molecule has 0 aliphatic rings. The number of rotatable bonds is 5. The zero-order valence-electron chi connectivity index (χ0n) is 18.3. The molecule has 1 aromatic carbocycles. The normalized spacial score (nSPS) is 12.8. The first kappa shape index (κ1) is 21.5. The number of nitrogens with zero attached hydrogens (tertiary/aromatic N) is 3. The molecule has 0 aliphatic carbocycles. The van der Waals surface area contributed by atoms with Crippen molar-refractivity contribution in [3.05, 3.63) is 48.2 Å². The largest absolute Gasteiger partial charge is 0.449 e. The van der Waals surface area contributed by atoms with Gasteiger partial charge in [0.15, 0.2) is 11.8 Å². The van der Waals surface area contributed by atoms with Crippen LogP contribution in [0.3, 0.4) is 0 Å². The molecule has 0 saturated heterocycles. The molecule has 1 atom stereocenters. The average Bonchev–Trinajstić information content (AvgIpc) is 3.10. The van der Waals surface area contributed by atoms with Crippen LogP contribution in [0.4, 0.5) is 0 Å². The maximum atomic E-state index is 13.0. The molecular formula is C23H28N4O3. The van der Waals surface area contributed by atoms with Crippen molar-refractivity contribution >= 4 is 22.9 Å². The van der Waals surface area contributed by atoms with Crippen molar-refractivity contribution in [1.29, 1.82) is 0 Å². The van der Waals surface area contributed by atoms with E-state index < -0.39 is 17.6 Å². The lowest BCUT2D eigenvalue weighted by Crippen LogP contribution is -2.46. The van der Waals surface area contributed by atoms with Crippen LogP contribution in [0.15, 0.2) is 42.6 Å². The first-order valence-corrected chi connectivity index (χ1v) is 10.0. The minimum atomic E-state index is -0.930. The van der Waals surface area contributed by atoms with Crippen LogP contribution in [-0.4, -0.2) is 38.3 Å². The second-order valence-corrected chi connectivity index (χ2v) is 8.63. The third-order valence-corrected chi connectivity index (χ3v) is 4.50. The van der Waals surface area contributed by atoms with E-state index in [-0.39, 0.29) is 11.9 Å². The molecule has 0 spiro atoms. The molecule has 0 unspecified atom stereocenters. The summed E-state index contributed by atoms with van der Waals surface area (Å²) in [5.41, 5.74) is 2.04. The van der Waals surface area contributed by atoms with Crippen molar-refractivity contribution < 1.29 is 14.3 Å². The fraction of sp³-hybridized carbons (Fsp3) is 0.391. The van der Waals surface area contributed by atoms with E-state index in [1.165, 1.54) is 0 Å². The molecule has 7 nitrogen and oxygen atoms in total. The Morgan fingerprint density at radius 3 is 2.37 bits per heavy atom. The summed E-state index contributed by atoms with van der Waals surface area (Å²) < 4.78 is 7.27. The number of hydrogen-bond donors (Lipinski definition) is 1. The highest BCUT2D eigenvalue weighted by Crippen LogP contribution is 2.27. The van der Waals surface area contributed by atoms with Crippen LogP contribution in [0.5, 0.6) is 0 Å². The Hall–Kier alpha value is -3.22. The number of ether oxygens (including phenoxy) is 1. The molecule has 1 amide bonds. The van der Waals surface area contributed by atoms with Crippen molar-refractivity contribution in [2.45, 2.75) is 59.2 Å². The van der Waals surface area contributed by atoms with Gasteiger partial charge in [-0.2, -0.15) is 5.10 Å². The summed E-state index contributed by atoms with van der Waals surface area (Å²) in [6, 6.07) is 11.4. The minimum Gasteiger partial charge on any atom is -0.449 e. The SMILES string of the molecule is CC(C)n1ncc2c(C(=O)O[C@H](C)C(=O)NC(C)(C)C)cc(-c3ccccc3)nc21. The number of nitrogens with one attached hydrogen (secondary N) is 1. The van der Waals surface area contributed by atoms with Crippen LogP contribution < -0.4 is 5.32 Å². The van der Waals surface area contributed by atoms with Crippen LogP contribution in [0, 0.1) is 0 Å². The third kappa shape index (κ3) is 4.67. The Morgan fingerprint density at radius 2 is 1.77 bits per heavy atom. The number of aromatic nitrogens is 3. The van der Waals surface area contributed by atoms with Crippen LogP contribution in [0.1, 0.15) is 57.9 Å². The number of amides is 1. The summed E-state index contributed by atoms with van der Waals surface area (Å²) in [6.45, 7) is 11.2. The van der Waals surface area contributed by atoms with Gasteiger partial charge in [-0.05, 0) is 47.6 Å². The van der Waals surface area contributed by atoms with Crippen molar-refractivity contribution in [2.24, 2.45) is 0 Å². The zero-order valence-corrected chi connectivity index (χ0v) is 18.3. The quantitative estimate of drug-likeness (QED) is 0.641. The molecule has 158 valence electrons. The van der Waals surface area contributed by atoms with Crippen molar-refractivity contribution in [3.8, 4) is 11.3 Å². The van der Waals surface area contributed by atoms with E-state index in [2.05, 4.69) is 10.4 Å². The van der Waals surface area contributed by atoms with Gasteiger partial charge in [0.2, 0.25) is 0 Å². The standard InChI is InChI=1S/C23H28N4O3/c1-14(2)27-20-18(13-24-27)17(12-19(25-20)16-10-8-7-9-11-16)22(29)30-15(3)21(28)26-23(4,5)6/h7-15H,1-6H3,(H,26,28)/t15-/m1/s1. The highest BCUT2D eigenvalue weighted by Gasteiger charge is 2.25. The maximum absolute atomic E-state index is 13.0. The Labute approximate surface area is 176 Å². The predicted molar refractivity (Wildman–Crippen MR) is 116 cm³/mol. The number of hydrogen-bond acceptors (Lipinski definition) is 5. The van der Waals surface area contributed by atoms with Crippen LogP contribution in [0.2, 0.25) is 0 Å². The molecule has 30 heavy (non-hydrogen) atoms. The van der Waals surface area contributed by atoms with Gasteiger partial charge in [0.1, 0.15) is 0 Å². The fourth-order valence-corrected chi connectivity index (χ4v) is 3.07. The molecule has 2 heterocycles. The molecular weight excluding hydrogens is 380 g/mol. The minimum absolute atomic E-state index is 0.0707. The second kappa shape index (κ2) is 8.26. The lowest BCUT2D eigenvalue weighted by Gasteiger charge is -2.23. The summed E-state index contributed by atoms with van der Waals surface area (Å²) in [5.74, 6) is -0.929. The molecule has 3 aromatic rings. The number of carbonyl (C=O) groups is 2. The molecule has 1 N–H and O–H groups in total. The first-order valence-electron chi connectivity index (χ1n) is 10.0. The Bertz CT molecular complexity index is 1070. The van der Waals surface area contributed by atoms with Crippen LogP contribution in [-0.2, 0) is 9.53 Å². The van der Waals surface area contributed by atoms with E-state index in [9.17, 15) is 9.59 Å². The van der Waals surface area contributed by atoms with Gasteiger partial charge in [-0.25, -0.2) is 14.5 Å². The molecule has 0 bridgehead atoms. The van der Waals surface area contributed by atoms with E-state index in [4.69, 9.17) is 9.72 Å². The number of esters is 1. The van der Waals surface area contributed by atoms with Gasteiger partial charge in [-0.1, -0.05) is 30.3 Å². The Balaban J connectivity index is 2.01. The van der Waals surface area contributed by atoms with Gasteiger partial charge in [0, 0.05) is 17.1 Å². The van der Waals surface area contributed by atoms with Gasteiger partial charge in [0.25, 0.3) is 5.91 Å². The maximum Gasteiger partial charge on any atom is 0.339 e. The van der Waals surface area contributed by atoms with E-state index >= 15 is 0 Å². The highest BCUT2D eigenvalue weighted by atomic mass is 16.5. The van der Waals surface area contributed by atoms with E-state index in [0.717, 1.165) is 5.56 Å². The summed E-state index contributed by atoms with van der Waals surface area (Å²) in [7, 11) is 0. The molecule has 3 rings (SSSR count). The van der Waals surface area contributed by atoms with E-state index in [1.54, 1.807) is 23.9 Å². The number of fused-ring (bicyclic) bond motifs is 1. The molecule has 0 radical (unpaired) electrons. The monoisotopic (exact) mass is 408 g/mol. The fourth-order valence-electron chi connectivity index (χ4n) is 3.07. The second-order valence-electron chi connectivity index (χ2n) is 8.63. The topological polar surface area (TPSA) is 86.1 Å². The van der Waals surface area contributed by atoms with Gasteiger partial charge >= 0.3 is 5.97 Å². The molecule has 2 aromatic heterocycles. The number of carbonyl (C=O) groups excluding carboxylic acids is 2. The molecule has 0 aliphatic heterocycles. The van der Waals surface area contributed by atoms with Gasteiger partial charge in [-0.15, -0.1) is 0 Å². The van der Waals surface area contributed by atoms with Gasteiger partial charge in [0.05, 0.1) is 22.8 Å². The van der Waals surface area contributed by atoms with Crippen LogP contribution >= 0.6 is 0 Å². The molecule has 7 heteroatoms. The lowest BCUT2D eigenvalue weighted by molar-refractivity contribution is -0.130. The highest BCUT2D eigenvalue weighted by molar-refractivity contribution is 6.04. The summed E-state index contributed by atoms with van der Waals surface area (Å²) in [6.07, 6.45) is 0.688. The Kier molecular flexibility index (Phi) is 5.92. The van der Waals surface area contributed by atoms with Crippen molar-refractivity contribution in [1.82, 2.24) is 20.1 Å². The van der Waals surface area contributed by atoms with Crippen molar-refractivity contribution in [2.75, 3.05) is 0 Å². The summed E-state index contributed by atoms with van der Waals surface area (Å²) in [4.78, 5) is 30.1. The van der Waals surface area contributed by atoms with Gasteiger partial charge in [-0.3, -0.25) is 4.79 Å². The lowest BCUT2D eigenvalue weighted by atomic mass is 10.1. The smallest absolute Gasteiger partial charge is 0.339 e. The average molecular weight is 409 g/mol. The van der Waals surface area contributed by atoms with Crippen LogP contribution in [0.25, 0.3) is 22.3 Å². The Morgan fingerprint density at radius 1 is 1.10 bits per heavy atom. The molecule has 0 fully saturated rings. The number of benzene rings is 1. The third-order valence-electron chi connectivity index (χ3n) is 4.50. The van der Waals surface area contributed by atoms with Gasteiger partial charge < -0.3 is 10.1 Å². The first-order chi connectivity index (χ1) is 14.1. The van der Waals surface area contributed by atoms with Crippen molar-refractivity contribution in [3.63, 3.8) is 0 Å². The summed E-state index contributed by atoms with van der Waals surface area (Å²) >= 11 is 0. The zero-order chi connectivity index (χ0) is 22.1. The molecule has 0 saturated carbocycles.